The molecule has 0 spiro atoms. The normalized spacial score (nSPS) is 10.7. The third-order valence-electron chi connectivity index (χ3n) is 2.29. The number of hydrogen-bond donors (Lipinski definition) is 2. The van der Waals surface area contributed by atoms with Crippen molar-refractivity contribution in [1.29, 1.82) is 0 Å². The number of hydrogen-bond acceptors (Lipinski definition) is 4. The van der Waals surface area contributed by atoms with E-state index in [4.69, 9.17) is 5.11 Å². The van der Waals surface area contributed by atoms with Gasteiger partial charge in [0.1, 0.15) is 16.6 Å². The first-order valence-corrected chi connectivity index (χ1v) is 6.16. The fraction of sp³-hybridized carbons (Fsp3) is 0.250. The Morgan fingerprint density at radius 2 is 2.29 bits per heavy atom. The van der Waals surface area contributed by atoms with Crippen LogP contribution in [0.4, 0.5) is 4.39 Å². The summed E-state index contributed by atoms with van der Waals surface area (Å²) in [7, 11) is 0. The third kappa shape index (κ3) is 2.81. The second kappa shape index (κ2) is 5.25. The Balaban J connectivity index is 2.24. The smallest absolute Gasteiger partial charge is 0.137 e. The van der Waals surface area contributed by atoms with E-state index in [1.54, 1.807) is 12.3 Å². The SMILES string of the molecule is CCNCc1cnc(-c2ccc(O)cc2F)s1. The molecule has 0 radical (unpaired) electrons. The fourth-order valence-electron chi connectivity index (χ4n) is 1.44. The molecule has 90 valence electrons. The molecule has 0 amide bonds. The van der Waals surface area contributed by atoms with E-state index >= 15 is 0 Å². The molecule has 0 atom stereocenters. The second-order valence-corrected chi connectivity index (χ2v) is 4.69. The number of aromatic hydroxyl groups is 1. The van der Waals surface area contributed by atoms with E-state index in [0.29, 0.717) is 10.6 Å². The minimum absolute atomic E-state index is 0.0734. The monoisotopic (exact) mass is 252 g/mol. The van der Waals surface area contributed by atoms with Crippen LogP contribution in [0.2, 0.25) is 0 Å². The molecule has 0 bridgehead atoms. The van der Waals surface area contributed by atoms with Crippen LogP contribution >= 0.6 is 11.3 Å². The molecule has 0 aliphatic heterocycles. The minimum Gasteiger partial charge on any atom is -0.508 e. The molecule has 0 fully saturated rings. The Hall–Kier alpha value is -1.46. The lowest BCUT2D eigenvalue weighted by Gasteiger charge is -1.99. The summed E-state index contributed by atoms with van der Waals surface area (Å²) >= 11 is 1.45. The Bertz CT molecular complexity index is 513. The Kier molecular flexibility index (Phi) is 3.71. The molecular weight excluding hydrogens is 239 g/mol. The van der Waals surface area contributed by atoms with E-state index in [-0.39, 0.29) is 5.75 Å². The van der Waals surface area contributed by atoms with Gasteiger partial charge in [-0.25, -0.2) is 9.37 Å². The van der Waals surface area contributed by atoms with Crippen LogP contribution in [0.25, 0.3) is 10.6 Å². The largest absolute Gasteiger partial charge is 0.508 e. The molecule has 5 heteroatoms. The Labute approximate surface area is 103 Å². The highest BCUT2D eigenvalue weighted by molar-refractivity contribution is 7.15. The van der Waals surface area contributed by atoms with E-state index < -0.39 is 5.82 Å². The average Bonchev–Trinajstić information content (AvgIpc) is 2.75. The van der Waals surface area contributed by atoms with Crippen LogP contribution in [0.3, 0.4) is 0 Å². The lowest BCUT2D eigenvalue weighted by molar-refractivity contribution is 0.469. The molecule has 0 saturated carbocycles. The number of nitrogens with zero attached hydrogens (tertiary/aromatic N) is 1. The van der Waals surface area contributed by atoms with E-state index in [1.807, 2.05) is 6.92 Å². The summed E-state index contributed by atoms with van der Waals surface area (Å²) in [5.41, 5.74) is 0.426. The lowest BCUT2D eigenvalue weighted by Crippen LogP contribution is -2.10. The molecule has 3 nitrogen and oxygen atoms in total. The van der Waals surface area contributed by atoms with Crippen molar-refractivity contribution >= 4 is 11.3 Å². The van der Waals surface area contributed by atoms with Gasteiger partial charge in [-0.05, 0) is 18.7 Å². The van der Waals surface area contributed by atoms with Gasteiger partial charge in [-0.15, -0.1) is 11.3 Å². The summed E-state index contributed by atoms with van der Waals surface area (Å²) in [6.45, 7) is 3.66. The lowest BCUT2D eigenvalue weighted by atomic mass is 10.2. The number of phenols is 1. The zero-order chi connectivity index (χ0) is 12.3. The van der Waals surface area contributed by atoms with Crippen molar-refractivity contribution in [3.8, 4) is 16.3 Å². The first-order valence-electron chi connectivity index (χ1n) is 5.35. The summed E-state index contributed by atoms with van der Waals surface area (Å²) < 4.78 is 13.6. The molecule has 0 aliphatic carbocycles. The van der Waals surface area contributed by atoms with Gasteiger partial charge >= 0.3 is 0 Å². The van der Waals surface area contributed by atoms with Crippen molar-refractivity contribution in [2.45, 2.75) is 13.5 Å². The predicted molar refractivity (Wildman–Crippen MR) is 66.6 cm³/mol. The predicted octanol–water partition coefficient (Wildman–Crippen LogP) is 2.76. The second-order valence-electron chi connectivity index (χ2n) is 3.58. The molecular formula is C12H13FN2OS. The van der Waals surface area contributed by atoms with Crippen LogP contribution in [0.5, 0.6) is 5.75 Å². The van der Waals surface area contributed by atoms with Crippen LogP contribution in [-0.4, -0.2) is 16.6 Å². The Morgan fingerprint density at radius 1 is 1.47 bits per heavy atom. The van der Waals surface area contributed by atoms with Gasteiger partial charge in [0.05, 0.1) is 0 Å². The van der Waals surface area contributed by atoms with E-state index in [1.165, 1.54) is 17.4 Å². The summed E-state index contributed by atoms with van der Waals surface area (Å²) in [6.07, 6.45) is 1.74. The maximum atomic E-state index is 13.6. The number of rotatable bonds is 4. The van der Waals surface area contributed by atoms with Crippen molar-refractivity contribution < 1.29 is 9.50 Å². The van der Waals surface area contributed by atoms with Crippen molar-refractivity contribution in [3.63, 3.8) is 0 Å². The molecule has 0 aliphatic rings. The van der Waals surface area contributed by atoms with Gasteiger partial charge in [0.15, 0.2) is 0 Å². The molecule has 17 heavy (non-hydrogen) atoms. The minimum atomic E-state index is -0.450. The van der Waals surface area contributed by atoms with Crippen LogP contribution in [0, 0.1) is 5.82 Å². The van der Waals surface area contributed by atoms with E-state index in [2.05, 4.69) is 10.3 Å². The highest BCUT2D eigenvalue weighted by Gasteiger charge is 2.10. The molecule has 1 aromatic carbocycles. The summed E-state index contributed by atoms with van der Waals surface area (Å²) in [5, 5.41) is 13.0. The molecule has 1 heterocycles. The highest BCUT2D eigenvalue weighted by Crippen LogP contribution is 2.29. The Morgan fingerprint density at radius 3 is 3.00 bits per heavy atom. The molecule has 1 aromatic heterocycles. The first kappa shape index (κ1) is 12.0. The van der Waals surface area contributed by atoms with Gasteiger partial charge in [0.25, 0.3) is 0 Å². The molecule has 0 unspecified atom stereocenters. The quantitative estimate of drug-likeness (QED) is 0.879. The third-order valence-corrected chi connectivity index (χ3v) is 3.32. The summed E-state index contributed by atoms with van der Waals surface area (Å²) in [6, 6.07) is 4.10. The van der Waals surface area contributed by atoms with Gasteiger partial charge in [-0.3, -0.25) is 0 Å². The maximum Gasteiger partial charge on any atom is 0.137 e. The topological polar surface area (TPSA) is 45.2 Å². The average molecular weight is 252 g/mol. The van der Waals surface area contributed by atoms with Gasteiger partial charge < -0.3 is 10.4 Å². The van der Waals surface area contributed by atoms with Crippen molar-refractivity contribution in [2.24, 2.45) is 0 Å². The number of phenolic OH excluding ortho intramolecular Hbond substituents is 1. The van der Waals surface area contributed by atoms with Crippen LogP contribution in [0.1, 0.15) is 11.8 Å². The molecule has 2 aromatic rings. The first-order chi connectivity index (χ1) is 8.20. The molecule has 2 rings (SSSR count). The maximum absolute atomic E-state index is 13.6. The van der Waals surface area contributed by atoms with Gasteiger partial charge in [-0.2, -0.15) is 0 Å². The number of aromatic nitrogens is 1. The number of nitrogens with one attached hydrogen (secondary N) is 1. The van der Waals surface area contributed by atoms with Crippen molar-refractivity contribution in [1.82, 2.24) is 10.3 Å². The van der Waals surface area contributed by atoms with E-state index in [9.17, 15) is 4.39 Å². The van der Waals surface area contributed by atoms with Gasteiger partial charge in [0, 0.05) is 29.2 Å². The molecule has 2 N–H and O–H groups in total. The van der Waals surface area contributed by atoms with Crippen molar-refractivity contribution in [2.75, 3.05) is 6.54 Å². The highest BCUT2D eigenvalue weighted by atomic mass is 32.1. The zero-order valence-electron chi connectivity index (χ0n) is 9.40. The van der Waals surface area contributed by atoms with E-state index in [0.717, 1.165) is 24.0 Å². The van der Waals surface area contributed by atoms with Crippen LogP contribution in [0.15, 0.2) is 24.4 Å². The van der Waals surface area contributed by atoms with Crippen LogP contribution in [-0.2, 0) is 6.54 Å². The fourth-order valence-corrected chi connectivity index (χ4v) is 2.35. The zero-order valence-corrected chi connectivity index (χ0v) is 10.2. The van der Waals surface area contributed by atoms with Crippen LogP contribution < -0.4 is 5.32 Å². The number of halogens is 1. The van der Waals surface area contributed by atoms with Crippen molar-refractivity contribution in [3.05, 3.63) is 35.1 Å². The van der Waals surface area contributed by atoms with Gasteiger partial charge in [-0.1, -0.05) is 6.92 Å². The van der Waals surface area contributed by atoms with Gasteiger partial charge in [0.2, 0.25) is 0 Å². The summed E-state index contributed by atoms with van der Waals surface area (Å²) in [4.78, 5) is 5.25. The number of benzene rings is 1. The molecule has 0 saturated heterocycles. The standard InChI is InChI=1S/C12H13FN2OS/c1-2-14-6-9-7-15-12(17-9)10-4-3-8(16)5-11(10)13/h3-5,7,14,16H,2,6H2,1H3. The number of thiazole rings is 1. The summed E-state index contributed by atoms with van der Waals surface area (Å²) in [5.74, 6) is -0.523.